The first-order chi connectivity index (χ1) is 17.8. The summed E-state index contributed by atoms with van der Waals surface area (Å²) in [5.41, 5.74) is 7.50. The molecule has 6 rings (SSSR count). The standard InChI is InChI=1S/C35H26Si/c1-36(28-17-7-3-8-18-28,29-19-9-4-10-20-29)26-25-32-30-21-11-13-23-33(30)35(27-15-5-2-6-16-27)34-24-14-12-22-31(32)34/h2-24H,1H3. The average Bonchev–Trinajstić information content (AvgIpc) is 2.96. The van der Waals surface area contributed by atoms with Crippen molar-refractivity contribution in [3.8, 4) is 22.6 Å². The highest BCUT2D eigenvalue weighted by Crippen LogP contribution is 2.38. The Hall–Kier alpha value is -4.38. The molecule has 0 saturated carbocycles. The molecule has 0 aliphatic rings. The van der Waals surface area contributed by atoms with E-state index >= 15 is 0 Å². The van der Waals surface area contributed by atoms with Crippen molar-refractivity contribution in [1.29, 1.82) is 0 Å². The van der Waals surface area contributed by atoms with E-state index < -0.39 is 8.07 Å². The fourth-order valence-corrected chi connectivity index (χ4v) is 7.94. The molecule has 0 fully saturated rings. The molecule has 0 bridgehead atoms. The van der Waals surface area contributed by atoms with Crippen LogP contribution in [0, 0.1) is 11.5 Å². The summed E-state index contributed by atoms with van der Waals surface area (Å²) in [4.78, 5) is 0. The highest BCUT2D eigenvalue weighted by atomic mass is 28.3. The molecule has 6 aromatic carbocycles. The van der Waals surface area contributed by atoms with Gasteiger partial charge in [-0.15, -0.1) is 5.54 Å². The first kappa shape index (κ1) is 22.1. The largest absolute Gasteiger partial charge is 0.196 e. The fourth-order valence-electron chi connectivity index (χ4n) is 5.22. The van der Waals surface area contributed by atoms with Crippen LogP contribution in [-0.4, -0.2) is 8.07 Å². The fraction of sp³-hybridized carbons (Fsp3) is 0.0286. The lowest BCUT2D eigenvalue weighted by atomic mass is 9.89. The Bertz CT molecular complexity index is 1630. The number of hydrogen-bond acceptors (Lipinski definition) is 0. The SMILES string of the molecule is C[Si](C#Cc1c2ccccc2c(-c2ccccc2)c2ccccc12)(c1ccccc1)c1ccccc1. The lowest BCUT2D eigenvalue weighted by Crippen LogP contribution is -2.54. The molecule has 0 unspecified atom stereocenters. The van der Waals surface area contributed by atoms with Crippen molar-refractivity contribution in [3.05, 3.63) is 145 Å². The Morgan fingerprint density at radius 3 is 1.31 bits per heavy atom. The van der Waals surface area contributed by atoms with Crippen molar-refractivity contribution in [2.75, 3.05) is 0 Å². The van der Waals surface area contributed by atoms with Gasteiger partial charge in [0.15, 0.2) is 8.07 Å². The van der Waals surface area contributed by atoms with E-state index in [0.29, 0.717) is 0 Å². The number of hydrogen-bond donors (Lipinski definition) is 0. The minimum Gasteiger partial charge on any atom is -0.115 e. The zero-order valence-corrected chi connectivity index (χ0v) is 21.3. The van der Waals surface area contributed by atoms with Crippen molar-refractivity contribution in [2.45, 2.75) is 6.55 Å². The van der Waals surface area contributed by atoms with Crippen LogP contribution in [0.4, 0.5) is 0 Å². The predicted octanol–water partition coefficient (Wildman–Crippen LogP) is 7.44. The molecule has 0 radical (unpaired) electrons. The maximum Gasteiger partial charge on any atom is 0.196 e. The summed E-state index contributed by atoms with van der Waals surface area (Å²) >= 11 is 0. The highest BCUT2D eigenvalue weighted by molar-refractivity contribution is 7.07. The quantitative estimate of drug-likeness (QED) is 0.142. The van der Waals surface area contributed by atoms with Crippen LogP contribution < -0.4 is 10.4 Å². The van der Waals surface area contributed by atoms with Gasteiger partial charge in [-0.25, -0.2) is 0 Å². The molecule has 0 aliphatic carbocycles. The molecule has 0 saturated heterocycles. The Morgan fingerprint density at radius 2 is 0.833 bits per heavy atom. The van der Waals surface area contributed by atoms with Gasteiger partial charge in [-0.05, 0) is 43.0 Å². The summed E-state index contributed by atoms with van der Waals surface area (Å²) in [6, 6.07) is 49.8. The molecule has 1 heteroatoms. The van der Waals surface area contributed by atoms with Crippen LogP contribution in [0.25, 0.3) is 32.7 Å². The van der Waals surface area contributed by atoms with Gasteiger partial charge in [-0.3, -0.25) is 0 Å². The molecule has 0 nitrogen and oxygen atoms in total. The van der Waals surface area contributed by atoms with Gasteiger partial charge >= 0.3 is 0 Å². The smallest absolute Gasteiger partial charge is 0.115 e. The zero-order valence-electron chi connectivity index (χ0n) is 20.3. The van der Waals surface area contributed by atoms with Crippen molar-refractivity contribution in [1.82, 2.24) is 0 Å². The van der Waals surface area contributed by atoms with E-state index in [1.54, 1.807) is 0 Å². The molecular weight excluding hydrogens is 448 g/mol. The molecular formula is C35H26Si. The molecule has 0 aliphatic heterocycles. The minimum atomic E-state index is -2.30. The van der Waals surface area contributed by atoms with Crippen molar-refractivity contribution < 1.29 is 0 Å². The third-order valence-corrected chi connectivity index (χ3v) is 10.7. The third-order valence-electron chi connectivity index (χ3n) is 7.13. The van der Waals surface area contributed by atoms with Crippen LogP contribution in [0.2, 0.25) is 6.55 Å². The van der Waals surface area contributed by atoms with E-state index in [4.69, 9.17) is 0 Å². The van der Waals surface area contributed by atoms with Crippen molar-refractivity contribution in [2.24, 2.45) is 0 Å². The topological polar surface area (TPSA) is 0 Å². The van der Waals surface area contributed by atoms with E-state index in [1.165, 1.54) is 43.0 Å². The van der Waals surface area contributed by atoms with Gasteiger partial charge in [-0.1, -0.05) is 152 Å². The van der Waals surface area contributed by atoms with Gasteiger partial charge in [0.25, 0.3) is 0 Å². The second-order valence-electron chi connectivity index (χ2n) is 9.31. The first-order valence-electron chi connectivity index (χ1n) is 12.4. The van der Waals surface area contributed by atoms with Crippen molar-refractivity contribution >= 4 is 40.0 Å². The summed E-state index contributed by atoms with van der Waals surface area (Å²) in [6.45, 7) is 2.37. The van der Waals surface area contributed by atoms with Crippen LogP contribution in [0.3, 0.4) is 0 Å². The number of rotatable bonds is 3. The average molecular weight is 475 g/mol. The van der Waals surface area contributed by atoms with Crippen LogP contribution in [-0.2, 0) is 0 Å². The molecule has 0 amide bonds. The molecule has 0 heterocycles. The molecule has 6 aromatic rings. The molecule has 170 valence electrons. The normalized spacial score (nSPS) is 11.2. The van der Waals surface area contributed by atoms with Gasteiger partial charge in [0.1, 0.15) is 0 Å². The van der Waals surface area contributed by atoms with Gasteiger partial charge in [-0.2, -0.15) is 0 Å². The van der Waals surface area contributed by atoms with Gasteiger partial charge in [0.05, 0.1) is 0 Å². The molecule has 0 spiro atoms. The van der Waals surface area contributed by atoms with Crippen LogP contribution in [0.5, 0.6) is 0 Å². The number of benzene rings is 6. The highest BCUT2D eigenvalue weighted by Gasteiger charge is 2.30. The van der Waals surface area contributed by atoms with E-state index in [-0.39, 0.29) is 0 Å². The Morgan fingerprint density at radius 1 is 0.444 bits per heavy atom. The maximum atomic E-state index is 3.88. The van der Waals surface area contributed by atoms with Crippen LogP contribution >= 0.6 is 0 Å². The van der Waals surface area contributed by atoms with Gasteiger partial charge < -0.3 is 0 Å². The lowest BCUT2D eigenvalue weighted by molar-refractivity contribution is 1.66. The zero-order chi connectivity index (χ0) is 24.4. The van der Waals surface area contributed by atoms with Crippen molar-refractivity contribution in [3.63, 3.8) is 0 Å². The molecule has 0 N–H and O–H groups in total. The van der Waals surface area contributed by atoms with E-state index in [2.05, 4.69) is 158 Å². The predicted molar refractivity (Wildman–Crippen MR) is 158 cm³/mol. The Kier molecular flexibility index (Phi) is 5.74. The van der Waals surface area contributed by atoms with Crippen LogP contribution in [0.15, 0.2) is 140 Å². The Labute approximate surface area is 213 Å². The third kappa shape index (κ3) is 3.83. The first-order valence-corrected chi connectivity index (χ1v) is 14.9. The molecule has 0 aromatic heterocycles. The van der Waals surface area contributed by atoms with Crippen LogP contribution in [0.1, 0.15) is 5.56 Å². The summed E-state index contributed by atoms with van der Waals surface area (Å²) < 4.78 is 0. The Balaban J connectivity index is 1.66. The second kappa shape index (κ2) is 9.34. The monoisotopic (exact) mass is 474 g/mol. The molecule has 36 heavy (non-hydrogen) atoms. The maximum absolute atomic E-state index is 3.88. The second-order valence-corrected chi connectivity index (χ2v) is 13.0. The van der Waals surface area contributed by atoms with Gasteiger partial charge in [0, 0.05) is 5.56 Å². The summed E-state index contributed by atoms with van der Waals surface area (Å²) in [5.74, 6) is 3.76. The van der Waals surface area contributed by atoms with E-state index in [1.807, 2.05) is 0 Å². The van der Waals surface area contributed by atoms with Gasteiger partial charge in [0.2, 0.25) is 0 Å². The van der Waals surface area contributed by atoms with E-state index in [0.717, 1.165) is 5.56 Å². The molecule has 0 atom stereocenters. The lowest BCUT2D eigenvalue weighted by Gasteiger charge is -2.22. The summed E-state index contributed by atoms with van der Waals surface area (Å²) in [6.07, 6.45) is 0. The summed E-state index contributed by atoms with van der Waals surface area (Å²) in [5, 5.41) is 7.57. The minimum absolute atomic E-state index is 1.12. The summed E-state index contributed by atoms with van der Waals surface area (Å²) in [7, 11) is -2.30. The number of fused-ring (bicyclic) bond motifs is 2. The van der Waals surface area contributed by atoms with E-state index in [9.17, 15) is 0 Å².